The molecule has 0 N–H and O–H groups in total. The van der Waals surface area contributed by atoms with Gasteiger partial charge in [0.25, 0.3) is 0 Å². The molecular formula is C22H23ClN4O3S. The van der Waals surface area contributed by atoms with E-state index in [9.17, 15) is 4.79 Å². The monoisotopic (exact) mass is 458 g/mol. The van der Waals surface area contributed by atoms with E-state index in [1.54, 1.807) is 27.0 Å². The summed E-state index contributed by atoms with van der Waals surface area (Å²) in [5.41, 5.74) is 2.42. The molecule has 0 atom stereocenters. The Bertz CT molecular complexity index is 1080. The van der Waals surface area contributed by atoms with Crippen LogP contribution < -0.4 is 9.64 Å². The molecule has 3 aromatic rings. The van der Waals surface area contributed by atoms with E-state index in [4.69, 9.17) is 21.1 Å². The number of carbonyl (C=O) groups excluding carboxylic acids is 1. The number of hydrogen-bond acceptors (Lipinski definition) is 8. The number of benzene rings is 1. The Morgan fingerprint density at radius 3 is 2.77 bits per heavy atom. The van der Waals surface area contributed by atoms with E-state index in [0.29, 0.717) is 45.9 Å². The van der Waals surface area contributed by atoms with E-state index in [-0.39, 0.29) is 5.97 Å². The average molecular weight is 459 g/mol. The van der Waals surface area contributed by atoms with E-state index >= 15 is 0 Å². The topological polar surface area (TPSA) is 77.4 Å². The van der Waals surface area contributed by atoms with Gasteiger partial charge in [-0.3, -0.25) is 4.90 Å². The van der Waals surface area contributed by atoms with Gasteiger partial charge in [-0.25, -0.2) is 19.7 Å². The van der Waals surface area contributed by atoms with Gasteiger partial charge in [-0.05, 0) is 55.9 Å². The van der Waals surface area contributed by atoms with Crippen molar-refractivity contribution < 1.29 is 14.3 Å². The summed E-state index contributed by atoms with van der Waals surface area (Å²) in [6.45, 7) is 4.41. The van der Waals surface area contributed by atoms with Crippen LogP contribution in [0.2, 0.25) is 5.15 Å². The highest BCUT2D eigenvalue weighted by atomic mass is 35.5. The quantitative estimate of drug-likeness (QED) is 0.335. The predicted molar refractivity (Wildman–Crippen MR) is 121 cm³/mol. The third-order valence-electron chi connectivity index (χ3n) is 4.97. The first-order valence-electron chi connectivity index (χ1n) is 10.1. The molecule has 2 aromatic heterocycles. The van der Waals surface area contributed by atoms with Gasteiger partial charge in [-0.15, -0.1) is 0 Å². The molecule has 7 nitrogen and oxygen atoms in total. The van der Waals surface area contributed by atoms with Crippen LogP contribution in [0.25, 0.3) is 0 Å². The third-order valence-corrected chi connectivity index (χ3v) is 6.16. The zero-order chi connectivity index (χ0) is 22.0. The fourth-order valence-electron chi connectivity index (χ4n) is 3.38. The van der Waals surface area contributed by atoms with Gasteiger partial charge < -0.3 is 9.47 Å². The number of esters is 1. The number of carbonyl (C=O) groups is 1. The van der Waals surface area contributed by atoms with Crippen LogP contribution in [0, 0.1) is 6.92 Å². The van der Waals surface area contributed by atoms with Crippen LogP contribution >= 0.6 is 22.9 Å². The molecule has 0 spiro atoms. The van der Waals surface area contributed by atoms with Crippen molar-refractivity contribution in [2.24, 2.45) is 0 Å². The number of thiazole rings is 1. The number of aryl methyl sites for hydroxylation is 1. The second-order valence-corrected chi connectivity index (χ2v) is 8.65. The summed E-state index contributed by atoms with van der Waals surface area (Å²) < 4.78 is 10.6. The lowest BCUT2D eigenvalue weighted by atomic mass is 10.0. The minimum Gasteiger partial charge on any atom is -0.497 e. The third kappa shape index (κ3) is 4.97. The zero-order valence-corrected chi connectivity index (χ0v) is 19.2. The largest absolute Gasteiger partial charge is 0.497 e. The minimum absolute atomic E-state index is 0.313. The molecule has 1 saturated carbocycles. The molecule has 0 unspecified atom stereocenters. The van der Waals surface area contributed by atoms with Crippen molar-refractivity contribution in [3.8, 4) is 5.75 Å². The summed E-state index contributed by atoms with van der Waals surface area (Å²) in [5, 5.41) is 0.988. The van der Waals surface area contributed by atoms with E-state index < -0.39 is 0 Å². The van der Waals surface area contributed by atoms with Gasteiger partial charge in [-0.1, -0.05) is 29.0 Å². The average Bonchev–Trinajstić information content (AvgIpc) is 3.48. The van der Waals surface area contributed by atoms with Crippen molar-refractivity contribution >= 4 is 39.9 Å². The van der Waals surface area contributed by atoms with E-state index in [2.05, 4.69) is 27.1 Å². The maximum absolute atomic E-state index is 12.2. The highest BCUT2D eigenvalue weighted by Crippen LogP contribution is 2.44. The van der Waals surface area contributed by atoms with E-state index in [1.165, 1.54) is 35.9 Å². The van der Waals surface area contributed by atoms with Crippen LogP contribution in [0.5, 0.6) is 5.75 Å². The lowest BCUT2D eigenvalue weighted by Crippen LogP contribution is -2.19. The number of methoxy groups -OCH3 is 1. The number of nitrogens with zero attached hydrogens (tertiary/aromatic N) is 4. The molecule has 0 aliphatic heterocycles. The molecule has 0 bridgehead atoms. The minimum atomic E-state index is -0.383. The molecule has 162 valence electrons. The summed E-state index contributed by atoms with van der Waals surface area (Å²) in [4.78, 5) is 27.8. The molecule has 1 aliphatic carbocycles. The normalized spacial score (nSPS) is 13.2. The molecule has 0 radical (unpaired) electrons. The molecule has 0 amide bonds. The Morgan fingerprint density at radius 2 is 2.10 bits per heavy atom. The first-order chi connectivity index (χ1) is 15.0. The number of hydrogen-bond donors (Lipinski definition) is 0. The lowest BCUT2D eigenvalue weighted by Gasteiger charge is -2.23. The number of halogens is 1. The smallest absolute Gasteiger partial charge is 0.350 e. The van der Waals surface area contributed by atoms with E-state index in [1.807, 2.05) is 11.0 Å². The molecule has 31 heavy (non-hydrogen) atoms. The summed E-state index contributed by atoms with van der Waals surface area (Å²) in [6, 6.07) is 7.86. The van der Waals surface area contributed by atoms with Gasteiger partial charge in [0.2, 0.25) is 0 Å². The van der Waals surface area contributed by atoms with Gasteiger partial charge in [0.15, 0.2) is 5.13 Å². The Labute approximate surface area is 190 Å². The highest BCUT2D eigenvalue weighted by molar-refractivity contribution is 7.17. The molecule has 1 fully saturated rings. The van der Waals surface area contributed by atoms with Gasteiger partial charge in [0.1, 0.15) is 27.4 Å². The first-order valence-corrected chi connectivity index (χ1v) is 11.3. The van der Waals surface area contributed by atoms with Gasteiger partial charge >= 0.3 is 5.97 Å². The van der Waals surface area contributed by atoms with Crippen LogP contribution in [0.3, 0.4) is 0 Å². The summed E-state index contributed by atoms with van der Waals surface area (Å²) in [7, 11) is 1.68. The first kappa shape index (κ1) is 21.5. The number of aromatic nitrogens is 3. The molecule has 0 saturated heterocycles. The Balaban J connectivity index is 1.74. The van der Waals surface area contributed by atoms with Crippen LogP contribution in [-0.4, -0.2) is 34.6 Å². The predicted octanol–water partition coefficient (Wildman–Crippen LogP) is 5.30. The summed E-state index contributed by atoms with van der Waals surface area (Å²) in [5.74, 6) is 2.18. The summed E-state index contributed by atoms with van der Waals surface area (Å²) in [6.07, 6.45) is 3.88. The van der Waals surface area contributed by atoms with Crippen molar-refractivity contribution in [2.45, 2.75) is 39.2 Å². The Kier molecular flexibility index (Phi) is 6.38. The second kappa shape index (κ2) is 9.20. The van der Waals surface area contributed by atoms with Gasteiger partial charge in [-0.2, -0.15) is 0 Å². The van der Waals surface area contributed by atoms with Crippen molar-refractivity contribution in [2.75, 3.05) is 18.6 Å². The molecule has 1 aliphatic rings. The molecule has 4 rings (SSSR count). The molecule has 1 aromatic carbocycles. The zero-order valence-electron chi connectivity index (χ0n) is 17.6. The molecule has 2 heterocycles. The SMILES string of the molecule is CCOC(=O)c1cnc(N(Cc2ccc(OC)cc2C2CC2)c2cc(Cl)nc(C)n2)s1. The van der Waals surface area contributed by atoms with Crippen molar-refractivity contribution in [3.05, 3.63) is 57.4 Å². The Morgan fingerprint density at radius 1 is 1.29 bits per heavy atom. The summed E-state index contributed by atoms with van der Waals surface area (Å²) >= 11 is 7.49. The fourth-order valence-corrected chi connectivity index (χ4v) is 4.41. The fraction of sp³-hybridized carbons (Fsp3) is 0.364. The van der Waals surface area contributed by atoms with Crippen LogP contribution in [0.15, 0.2) is 30.5 Å². The maximum Gasteiger partial charge on any atom is 0.350 e. The van der Waals surface area contributed by atoms with Crippen LogP contribution in [0.4, 0.5) is 10.9 Å². The molecule has 9 heteroatoms. The van der Waals surface area contributed by atoms with Gasteiger partial charge in [0, 0.05) is 6.07 Å². The van der Waals surface area contributed by atoms with E-state index in [0.717, 1.165) is 11.3 Å². The standard InChI is InChI=1S/C22H23ClN4O3S/c1-4-30-21(28)18-11-24-22(31-18)27(20-10-19(23)25-13(2)26-20)12-15-7-8-16(29-3)9-17(15)14-5-6-14/h7-11,14H,4-6,12H2,1-3H3. The van der Waals surface area contributed by atoms with Crippen LogP contribution in [-0.2, 0) is 11.3 Å². The number of anilines is 2. The lowest BCUT2D eigenvalue weighted by molar-refractivity contribution is 0.0532. The second-order valence-electron chi connectivity index (χ2n) is 7.25. The van der Waals surface area contributed by atoms with Crippen molar-refractivity contribution in [3.63, 3.8) is 0 Å². The Hall–Kier alpha value is -2.71. The van der Waals surface area contributed by atoms with Crippen molar-refractivity contribution in [1.82, 2.24) is 15.0 Å². The van der Waals surface area contributed by atoms with Crippen LogP contribution in [0.1, 0.15) is 52.3 Å². The van der Waals surface area contributed by atoms with Crippen molar-refractivity contribution in [1.29, 1.82) is 0 Å². The highest BCUT2D eigenvalue weighted by Gasteiger charge is 2.28. The van der Waals surface area contributed by atoms with Gasteiger partial charge in [0.05, 0.1) is 26.5 Å². The molecular weight excluding hydrogens is 436 g/mol. The number of ether oxygens (including phenoxy) is 2. The number of rotatable bonds is 8. The maximum atomic E-state index is 12.2.